The number of carbonyl (C=O) groups excluding carboxylic acids is 1. The van der Waals surface area contributed by atoms with Gasteiger partial charge in [0.2, 0.25) is 5.91 Å². The molecule has 4 N–H and O–H groups in total. The van der Waals surface area contributed by atoms with E-state index in [-0.39, 0.29) is 18.3 Å². The number of nitrogens with zero attached hydrogens (tertiary/aromatic N) is 1. The van der Waals surface area contributed by atoms with Crippen molar-refractivity contribution in [1.82, 2.24) is 4.90 Å². The van der Waals surface area contributed by atoms with Gasteiger partial charge in [0.1, 0.15) is 5.82 Å². The Balaban J connectivity index is 2.17. The van der Waals surface area contributed by atoms with Crippen LogP contribution in [0.4, 0.5) is 4.39 Å². The first-order valence-corrected chi connectivity index (χ1v) is 7.10. The normalized spacial score (nSPS) is 15.9. The molecule has 20 heavy (non-hydrogen) atoms. The molecule has 0 heterocycles. The van der Waals surface area contributed by atoms with E-state index in [4.69, 9.17) is 11.5 Å². The lowest BCUT2D eigenvalue weighted by Crippen LogP contribution is -2.39. The monoisotopic (exact) mass is 279 g/mol. The largest absolute Gasteiger partial charge is 0.369 e. The number of nitrogens with two attached hydrogens (primary N) is 2. The molecule has 0 atom stereocenters. The number of amides is 1. The zero-order valence-corrected chi connectivity index (χ0v) is 11.6. The fourth-order valence-electron chi connectivity index (χ4n) is 2.94. The average molecular weight is 279 g/mol. The fourth-order valence-corrected chi connectivity index (χ4v) is 2.94. The number of rotatable bonds is 6. The maximum atomic E-state index is 13.4. The zero-order chi connectivity index (χ0) is 14.5. The van der Waals surface area contributed by atoms with Gasteiger partial charge in [-0.15, -0.1) is 0 Å². The third-order valence-electron chi connectivity index (χ3n) is 3.96. The number of hydrogen-bond donors (Lipinski definition) is 2. The van der Waals surface area contributed by atoms with Gasteiger partial charge in [-0.05, 0) is 36.1 Å². The molecule has 0 radical (unpaired) electrons. The lowest BCUT2D eigenvalue weighted by atomic mass is 10.1. The molecule has 1 aromatic rings. The minimum absolute atomic E-state index is 0.213. The summed E-state index contributed by atoms with van der Waals surface area (Å²) < 4.78 is 13.4. The Morgan fingerprint density at radius 3 is 2.60 bits per heavy atom. The quantitative estimate of drug-likeness (QED) is 0.829. The van der Waals surface area contributed by atoms with Crippen molar-refractivity contribution < 1.29 is 9.18 Å². The molecular formula is C15H22FN3O. The minimum Gasteiger partial charge on any atom is -0.369 e. The molecule has 0 aromatic heterocycles. The van der Waals surface area contributed by atoms with Gasteiger partial charge in [-0.3, -0.25) is 9.69 Å². The minimum atomic E-state index is -0.345. The van der Waals surface area contributed by atoms with Crippen LogP contribution in [0.1, 0.15) is 36.8 Å². The van der Waals surface area contributed by atoms with E-state index in [1.54, 1.807) is 6.07 Å². The van der Waals surface area contributed by atoms with Gasteiger partial charge in [0.25, 0.3) is 0 Å². The molecule has 1 aliphatic carbocycles. The summed E-state index contributed by atoms with van der Waals surface area (Å²) in [5.41, 5.74) is 12.8. The average Bonchev–Trinajstić information content (AvgIpc) is 2.91. The van der Waals surface area contributed by atoms with Crippen molar-refractivity contribution in [3.63, 3.8) is 0 Å². The molecule has 2 rings (SSSR count). The van der Waals surface area contributed by atoms with Gasteiger partial charge in [0.15, 0.2) is 0 Å². The smallest absolute Gasteiger partial charge is 0.231 e. The summed E-state index contributed by atoms with van der Waals surface area (Å²) in [6, 6.07) is 4.99. The van der Waals surface area contributed by atoms with Gasteiger partial charge >= 0.3 is 0 Å². The van der Waals surface area contributed by atoms with Crippen LogP contribution in [0.25, 0.3) is 0 Å². The third-order valence-corrected chi connectivity index (χ3v) is 3.96. The highest BCUT2D eigenvalue weighted by molar-refractivity contribution is 5.76. The summed E-state index contributed by atoms with van der Waals surface area (Å²) in [6.45, 7) is 1.10. The van der Waals surface area contributed by atoms with Crippen molar-refractivity contribution in [2.45, 2.75) is 44.8 Å². The lowest BCUT2D eigenvalue weighted by molar-refractivity contribution is -0.119. The summed E-state index contributed by atoms with van der Waals surface area (Å²) in [7, 11) is 0. The van der Waals surface area contributed by atoms with Gasteiger partial charge in [-0.1, -0.05) is 18.9 Å². The topological polar surface area (TPSA) is 72.3 Å². The number of primary amides is 1. The van der Waals surface area contributed by atoms with Crippen molar-refractivity contribution >= 4 is 5.91 Å². The van der Waals surface area contributed by atoms with Gasteiger partial charge in [-0.25, -0.2) is 4.39 Å². The van der Waals surface area contributed by atoms with Crippen LogP contribution in [0.3, 0.4) is 0 Å². The number of hydrogen-bond acceptors (Lipinski definition) is 3. The summed E-state index contributed by atoms with van der Waals surface area (Å²) in [5, 5.41) is 0. The Kier molecular flexibility index (Phi) is 5.09. The van der Waals surface area contributed by atoms with Crippen LogP contribution in [0.15, 0.2) is 18.2 Å². The maximum absolute atomic E-state index is 13.4. The van der Waals surface area contributed by atoms with Crippen molar-refractivity contribution in [2.75, 3.05) is 6.54 Å². The van der Waals surface area contributed by atoms with E-state index in [0.29, 0.717) is 19.1 Å². The number of halogens is 1. The Labute approximate surface area is 118 Å². The summed E-state index contributed by atoms with van der Waals surface area (Å²) in [5.74, 6) is -0.620. The molecule has 0 bridgehead atoms. The van der Waals surface area contributed by atoms with Crippen LogP contribution in [-0.2, 0) is 17.9 Å². The zero-order valence-electron chi connectivity index (χ0n) is 11.6. The molecule has 1 saturated carbocycles. The highest BCUT2D eigenvalue weighted by atomic mass is 19.1. The summed E-state index contributed by atoms with van der Waals surface area (Å²) in [4.78, 5) is 13.3. The first-order chi connectivity index (χ1) is 9.60. The van der Waals surface area contributed by atoms with E-state index in [1.807, 2.05) is 0 Å². The highest BCUT2D eigenvalue weighted by Gasteiger charge is 2.24. The molecule has 0 aliphatic heterocycles. The standard InChI is InChI=1S/C15H22FN3O/c16-13-6-5-11(8-17)12(7-13)9-19(10-15(18)20)14-3-1-2-4-14/h5-7,14H,1-4,8-10,17H2,(H2,18,20). The number of benzene rings is 1. The van der Waals surface area contributed by atoms with Crippen molar-refractivity contribution in [2.24, 2.45) is 11.5 Å². The molecular weight excluding hydrogens is 257 g/mol. The van der Waals surface area contributed by atoms with E-state index in [0.717, 1.165) is 24.0 Å². The molecule has 110 valence electrons. The van der Waals surface area contributed by atoms with Gasteiger partial charge in [0.05, 0.1) is 6.54 Å². The molecule has 1 aromatic carbocycles. The van der Waals surface area contributed by atoms with E-state index in [9.17, 15) is 9.18 Å². The third kappa shape index (κ3) is 3.77. The maximum Gasteiger partial charge on any atom is 0.231 e. The van der Waals surface area contributed by atoms with Gasteiger partial charge in [-0.2, -0.15) is 0 Å². The van der Waals surface area contributed by atoms with Crippen molar-refractivity contribution in [3.8, 4) is 0 Å². The van der Waals surface area contributed by atoms with Crippen molar-refractivity contribution in [1.29, 1.82) is 0 Å². The molecule has 0 spiro atoms. The van der Waals surface area contributed by atoms with Gasteiger partial charge < -0.3 is 11.5 Å². The predicted molar refractivity (Wildman–Crippen MR) is 76.2 cm³/mol. The molecule has 1 amide bonds. The predicted octanol–water partition coefficient (Wildman–Crippen LogP) is 1.51. The first kappa shape index (κ1) is 14.9. The summed E-state index contributed by atoms with van der Waals surface area (Å²) in [6.07, 6.45) is 4.49. The fraction of sp³-hybridized carbons (Fsp3) is 0.533. The van der Waals surface area contributed by atoms with E-state index in [1.165, 1.54) is 25.0 Å². The van der Waals surface area contributed by atoms with E-state index < -0.39 is 0 Å². The van der Waals surface area contributed by atoms with Crippen LogP contribution < -0.4 is 11.5 Å². The Bertz CT molecular complexity index is 472. The molecule has 0 saturated heterocycles. The lowest BCUT2D eigenvalue weighted by Gasteiger charge is -2.28. The van der Waals surface area contributed by atoms with Crippen LogP contribution in [0.2, 0.25) is 0 Å². The van der Waals surface area contributed by atoms with E-state index >= 15 is 0 Å². The second-order valence-electron chi connectivity index (χ2n) is 5.43. The van der Waals surface area contributed by atoms with Crippen LogP contribution in [0.5, 0.6) is 0 Å². The van der Waals surface area contributed by atoms with E-state index in [2.05, 4.69) is 4.90 Å². The molecule has 1 aliphatic rings. The number of carbonyl (C=O) groups is 1. The SMILES string of the molecule is NCc1ccc(F)cc1CN(CC(N)=O)C1CCCC1. The van der Waals surface area contributed by atoms with Crippen LogP contribution in [0, 0.1) is 5.82 Å². The van der Waals surface area contributed by atoms with Crippen molar-refractivity contribution in [3.05, 3.63) is 35.1 Å². The molecule has 5 heteroatoms. The second-order valence-corrected chi connectivity index (χ2v) is 5.43. The highest BCUT2D eigenvalue weighted by Crippen LogP contribution is 2.25. The van der Waals surface area contributed by atoms with Crippen LogP contribution in [-0.4, -0.2) is 23.4 Å². The second kappa shape index (κ2) is 6.81. The van der Waals surface area contributed by atoms with Gasteiger partial charge in [0, 0.05) is 19.1 Å². The molecule has 0 unspecified atom stereocenters. The summed E-state index contributed by atoms with van der Waals surface area (Å²) >= 11 is 0. The Morgan fingerprint density at radius 2 is 2.00 bits per heavy atom. The molecule has 4 nitrogen and oxygen atoms in total. The first-order valence-electron chi connectivity index (χ1n) is 7.10. The Hall–Kier alpha value is -1.46. The molecule has 1 fully saturated rings. The Morgan fingerprint density at radius 1 is 1.30 bits per heavy atom. The van der Waals surface area contributed by atoms with Crippen LogP contribution >= 0.6 is 0 Å².